The Morgan fingerprint density at radius 3 is 3.05 bits per heavy atom. The van der Waals surface area contributed by atoms with Crippen LogP contribution in [0.3, 0.4) is 0 Å². The number of thiazole rings is 1. The third-order valence-corrected chi connectivity index (χ3v) is 4.96. The lowest BCUT2D eigenvalue weighted by atomic mass is 9.95. The molecule has 1 aromatic heterocycles. The maximum absolute atomic E-state index is 13.5. The predicted molar refractivity (Wildman–Crippen MR) is 80.3 cm³/mol. The van der Waals surface area contributed by atoms with Gasteiger partial charge >= 0.3 is 0 Å². The van der Waals surface area contributed by atoms with Gasteiger partial charge in [-0.25, -0.2) is 9.37 Å². The highest BCUT2D eigenvalue weighted by atomic mass is 32.1. The van der Waals surface area contributed by atoms with Crippen molar-refractivity contribution in [1.82, 2.24) is 9.88 Å². The summed E-state index contributed by atoms with van der Waals surface area (Å²) >= 11 is 1.72. The first-order chi connectivity index (χ1) is 9.74. The summed E-state index contributed by atoms with van der Waals surface area (Å²) in [5.74, 6) is -0.137. The molecule has 0 amide bonds. The first kappa shape index (κ1) is 13.7. The summed E-state index contributed by atoms with van der Waals surface area (Å²) < 4.78 is 13.5. The molecule has 2 aromatic rings. The molecular formula is C16H19FN2S. The van der Waals surface area contributed by atoms with Gasteiger partial charge in [0.15, 0.2) is 0 Å². The van der Waals surface area contributed by atoms with Crippen molar-refractivity contribution in [3.63, 3.8) is 0 Å². The zero-order valence-electron chi connectivity index (χ0n) is 11.7. The van der Waals surface area contributed by atoms with Crippen LogP contribution in [0.25, 0.3) is 0 Å². The Balaban J connectivity index is 1.82. The van der Waals surface area contributed by atoms with Gasteiger partial charge in [-0.2, -0.15) is 0 Å². The SMILES string of the molecule is Cc1ncsc1CN1CCCCC1c1cccc(F)c1. The number of nitrogens with zero attached hydrogens (tertiary/aromatic N) is 2. The van der Waals surface area contributed by atoms with Crippen molar-refractivity contribution < 1.29 is 4.39 Å². The quantitative estimate of drug-likeness (QED) is 0.837. The van der Waals surface area contributed by atoms with E-state index in [0.29, 0.717) is 6.04 Å². The number of hydrogen-bond donors (Lipinski definition) is 0. The van der Waals surface area contributed by atoms with Gasteiger partial charge in [0.05, 0.1) is 11.2 Å². The fourth-order valence-electron chi connectivity index (χ4n) is 2.93. The van der Waals surface area contributed by atoms with Gasteiger partial charge in [-0.3, -0.25) is 4.90 Å². The summed E-state index contributed by atoms with van der Waals surface area (Å²) in [7, 11) is 0. The topological polar surface area (TPSA) is 16.1 Å². The molecule has 106 valence electrons. The molecule has 0 N–H and O–H groups in total. The Bertz CT molecular complexity index is 581. The molecule has 0 aliphatic carbocycles. The fourth-order valence-corrected chi connectivity index (χ4v) is 3.74. The maximum atomic E-state index is 13.5. The number of likely N-dealkylation sites (tertiary alicyclic amines) is 1. The standard InChI is InChI=1S/C16H19FN2S/c1-12-16(20-11-18-12)10-19-8-3-2-7-15(19)13-5-4-6-14(17)9-13/h4-6,9,11,15H,2-3,7-8,10H2,1H3. The molecule has 1 atom stereocenters. The molecule has 0 saturated carbocycles. The van der Waals surface area contributed by atoms with Crippen LogP contribution in [-0.4, -0.2) is 16.4 Å². The zero-order chi connectivity index (χ0) is 13.9. The highest BCUT2D eigenvalue weighted by Gasteiger charge is 2.25. The second kappa shape index (κ2) is 6.02. The highest BCUT2D eigenvalue weighted by molar-refractivity contribution is 7.09. The molecule has 2 heterocycles. The second-order valence-electron chi connectivity index (χ2n) is 5.40. The molecule has 3 rings (SSSR count). The first-order valence-corrected chi connectivity index (χ1v) is 8.00. The lowest BCUT2D eigenvalue weighted by Crippen LogP contribution is -2.32. The summed E-state index contributed by atoms with van der Waals surface area (Å²) in [6, 6.07) is 7.40. The van der Waals surface area contributed by atoms with Gasteiger partial charge < -0.3 is 0 Å². The normalized spacial score (nSPS) is 20.2. The third-order valence-electron chi connectivity index (χ3n) is 4.04. The van der Waals surface area contributed by atoms with Gasteiger partial charge in [-0.15, -0.1) is 11.3 Å². The van der Waals surface area contributed by atoms with E-state index in [0.717, 1.165) is 30.8 Å². The smallest absolute Gasteiger partial charge is 0.123 e. The number of hydrogen-bond acceptors (Lipinski definition) is 3. The Labute approximate surface area is 123 Å². The van der Waals surface area contributed by atoms with E-state index < -0.39 is 0 Å². The molecule has 20 heavy (non-hydrogen) atoms. The van der Waals surface area contributed by atoms with Gasteiger partial charge in [0.25, 0.3) is 0 Å². The van der Waals surface area contributed by atoms with Crippen molar-refractivity contribution in [2.45, 2.75) is 38.8 Å². The Morgan fingerprint density at radius 1 is 1.40 bits per heavy atom. The second-order valence-corrected chi connectivity index (χ2v) is 6.34. The van der Waals surface area contributed by atoms with Crippen LogP contribution in [-0.2, 0) is 6.54 Å². The van der Waals surface area contributed by atoms with E-state index in [-0.39, 0.29) is 5.82 Å². The van der Waals surface area contributed by atoms with Gasteiger partial charge in [-0.1, -0.05) is 18.6 Å². The van der Waals surface area contributed by atoms with Crippen molar-refractivity contribution in [1.29, 1.82) is 0 Å². The van der Waals surface area contributed by atoms with Crippen LogP contribution in [0, 0.1) is 12.7 Å². The molecule has 1 saturated heterocycles. The number of halogens is 1. The molecule has 1 unspecified atom stereocenters. The van der Waals surface area contributed by atoms with Crippen LogP contribution in [0.5, 0.6) is 0 Å². The van der Waals surface area contributed by atoms with E-state index in [1.807, 2.05) is 17.6 Å². The number of piperidine rings is 1. The zero-order valence-corrected chi connectivity index (χ0v) is 12.5. The molecule has 1 aliphatic rings. The third kappa shape index (κ3) is 2.91. The predicted octanol–water partition coefficient (Wildman–Crippen LogP) is 4.32. The van der Waals surface area contributed by atoms with E-state index in [1.165, 1.54) is 23.8 Å². The van der Waals surface area contributed by atoms with Crippen molar-refractivity contribution >= 4 is 11.3 Å². The van der Waals surface area contributed by atoms with Crippen LogP contribution < -0.4 is 0 Å². The Kier molecular flexibility index (Phi) is 4.13. The number of benzene rings is 1. The monoisotopic (exact) mass is 290 g/mol. The van der Waals surface area contributed by atoms with Crippen molar-refractivity contribution in [3.8, 4) is 0 Å². The summed E-state index contributed by atoms with van der Waals surface area (Å²) in [4.78, 5) is 8.12. The minimum absolute atomic E-state index is 0.137. The van der Waals surface area contributed by atoms with Gasteiger partial charge in [0.2, 0.25) is 0 Å². The van der Waals surface area contributed by atoms with Crippen molar-refractivity contribution in [2.75, 3.05) is 6.54 Å². The molecule has 1 fully saturated rings. The average molecular weight is 290 g/mol. The Morgan fingerprint density at radius 2 is 2.30 bits per heavy atom. The van der Waals surface area contributed by atoms with Gasteiger partial charge in [0, 0.05) is 17.5 Å². The van der Waals surface area contributed by atoms with E-state index in [4.69, 9.17) is 0 Å². The molecule has 1 aliphatic heterocycles. The summed E-state index contributed by atoms with van der Waals surface area (Å²) in [6.45, 7) is 4.07. The number of aryl methyl sites for hydroxylation is 1. The largest absolute Gasteiger partial charge is 0.291 e. The maximum Gasteiger partial charge on any atom is 0.123 e. The molecule has 0 radical (unpaired) electrons. The minimum atomic E-state index is -0.137. The summed E-state index contributed by atoms with van der Waals surface area (Å²) in [6.07, 6.45) is 3.56. The van der Waals surface area contributed by atoms with Crippen LogP contribution in [0.2, 0.25) is 0 Å². The summed E-state index contributed by atoms with van der Waals surface area (Å²) in [5.41, 5.74) is 4.14. The van der Waals surface area contributed by atoms with Crippen LogP contribution in [0.1, 0.15) is 41.4 Å². The van der Waals surface area contributed by atoms with Crippen molar-refractivity contribution in [2.24, 2.45) is 0 Å². The molecule has 1 aromatic carbocycles. The van der Waals surface area contributed by atoms with Crippen molar-refractivity contribution in [3.05, 3.63) is 51.7 Å². The lowest BCUT2D eigenvalue weighted by Gasteiger charge is -2.35. The molecular weight excluding hydrogens is 271 g/mol. The summed E-state index contributed by atoms with van der Waals surface area (Å²) in [5, 5.41) is 0. The first-order valence-electron chi connectivity index (χ1n) is 7.12. The van der Waals surface area contributed by atoms with E-state index >= 15 is 0 Å². The van der Waals surface area contributed by atoms with Crippen LogP contribution >= 0.6 is 11.3 Å². The molecule has 0 spiro atoms. The van der Waals surface area contributed by atoms with Gasteiger partial charge in [-0.05, 0) is 44.0 Å². The van der Waals surface area contributed by atoms with Crippen LogP contribution in [0.4, 0.5) is 4.39 Å². The average Bonchev–Trinajstić information content (AvgIpc) is 2.85. The van der Waals surface area contributed by atoms with E-state index in [9.17, 15) is 4.39 Å². The van der Waals surface area contributed by atoms with Gasteiger partial charge in [0.1, 0.15) is 5.82 Å². The number of aromatic nitrogens is 1. The number of rotatable bonds is 3. The fraction of sp³-hybridized carbons (Fsp3) is 0.438. The Hall–Kier alpha value is -1.26. The molecule has 0 bridgehead atoms. The van der Waals surface area contributed by atoms with E-state index in [2.05, 4.69) is 16.8 Å². The minimum Gasteiger partial charge on any atom is -0.291 e. The molecule has 4 heteroatoms. The van der Waals surface area contributed by atoms with E-state index in [1.54, 1.807) is 17.4 Å². The van der Waals surface area contributed by atoms with Crippen LogP contribution in [0.15, 0.2) is 29.8 Å². The highest BCUT2D eigenvalue weighted by Crippen LogP contribution is 2.33. The lowest BCUT2D eigenvalue weighted by molar-refractivity contribution is 0.141. The molecule has 2 nitrogen and oxygen atoms in total.